The number of nitrogen functional groups attached to an aromatic ring is 1. The van der Waals surface area contributed by atoms with Crippen molar-refractivity contribution in [2.75, 3.05) is 25.4 Å². The lowest BCUT2D eigenvalue weighted by molar-refractivity contribution is 0.167. The fraction of sp³-hybridized carbons (Fsp3) is 0.500. The van der Waals surface area contributed by atoms with E-state index in [9.17, 15) is 0 Å². The van der Waals surface area contributed by atoms with E-state index in [2.05, 4.69) is 28.7 Å². The minimum Gasteiger partial charge on any atom is -0.399 e. The minimum atomic E-state index is 0.189. The largest absolute Gasteiger partial charge is 0.399 e. The van der Waals surface area contributed by atoms with Crippen LogP contribution in [0.25, 0.3) is 11.0 Å². The van der Waals surface area contributed by atoms with Crippen molar-refractivity contribution in [1.29, 1.82) is 0 Å². The van der Waals surface area contributed by atoms with E-state index < -0.39 is 0 Å². The van der Waals surface area contributed by atoms with Crippen molar-refractivity contribution in [3.63, 3.8) is 0 Å². The Kier molecular flexibility index (Phi) is 4.39. The van der Waals surface area contributed by atoms with E-state index in [0.29, 0.717) is 12.6 Å². The number of aromatic amines is 1. The normalized spacial score (nSPS) is 11.8. The number of benzene rings is 1. The van der Waals surface area contributed by atoms with Crippen LogP contribution in [0.1, 0.15) is 19.7 Å². The number of nitrogens with one attached hydrogen (secondary N) is 1. The molecule has 0 aliphatic heterocycles. The highest BCUT2D eigenvalue weighted by atomic mass is 16.3. The second-order valence-electron chi connectivity index (χ2n) is 5.06. The number of aliphatic hydroxyl groups excluding tert-OH is 1. The van der Waals surface area contributed by atoms with Crippen LogP contribution in [0.15, 0.2) is 18.2 Å². The van der Waals surface area contributed by atoms with Crippen LogP contribution in [0.4, 0.5) is 5.69 Å². The quantitative estimate of drug-likeness (QED) is 0.687. The number of hydrogen-bond donors (Lipinski definition) is 3. The Morgan fingerprint density at radius 3 is 2.84 bits per heavy atom. The number of anilines is 1. The van der Waals surface area contributed by atoms with Crippen molar-refractivity contribution in [1.82, 2.24) is 14.9 Å². The Labute approximate surface area is 113 Å². The number of aromatic nitrogens is 2. The maximum absolute atomic E-state index is 9.05. The zero-order chi connectivity index (χ0) is 13.8. The molecule has 2 aromatic rings. The zero-order valence-electron chi connectivity index (χ0n) is 11.6. The molecule has 0 atom stereocenters. The van der Waals surface area contributed by atoms with Crippen molar-refractivity contribution in [2.24, 2.45) is 0 Å². The van der Waals surface area contributed by atoms with E-state index in [1.807, 2.05) is 18.2 Å². The fourth-order valence-electron chi connectivity index (χ4n) is 2.20. The molecule has 0 radical (unpaired) electrons. The van der Waals surface area contributed by atoms with Crippen LogP contribution in [0.2, 0.25) is 0 Å². The van der Waals surface area contributed by atoms with E-state index in [4.69, 9.17) is 10.8 Å². The molecule has 0 amide bonds. The summed E-state index contributed by atoms with van der Waals surface area (Å²) in [6.07, 6.45) is 0.840. The second kappa shape index (κ2) is 6.04. The summed E-state index contributed by atoms with van der Waals surface area (Å²) in [5.41, 5.74) is 8.42. The first-order valence-corrected chi connectivity index (χ1v) is 6.69. The molecule has 104 valence electrons. The van der Waals surface area contributed by atoms with Gasteiger partial charge >= 0.3 is 0 Å². The monoisotopic (exact) mass is 262 g/mol. The third-order valence-corrected chi connectivity index (χ3v) is 3.31. The van der Waals surface area contributed by atoms with Gasteiger partial charge in [0.25, 0.3) is 0 Å². The van der Waals surface area contributed by atoms with Gasteiger partial charge in [-0.25, -0.2) is 4.98 Å². The average Bonchev–Trinajstić information content (AvgIpc) is 2.75. The summed E-state index contributed by atoms with van der Waals surface area (Å²) in [6, 6.07) is 6.12. The van der Waals surface area contributed by atoms with Crippen molar-refractivity contribution >= 4 is 16.7 Å². The summed E-state index contributed by atoms with van der Waals surface area (Å²) in [5.74, 6) is 0.962. The highest BCUT2D eigenvalue weighted by Gasteiger charge is 2.10. The van der Waals surface area contributed by atoms with E-state index >= 15 is 0 Å². The SMILES string of the molecule is CC(C)N(CCO)CCc1nc2ccc(N)cc2[nH]1. The van der Waals surface area contributed by atoms with Crippen molar-refractivity contribution in [3.05, 3.63) is 24.0 Å². The molecule has 1 heterocycles. The predicted octanol–water partition coefficient (Wildman–Crippen LogP) is 1.39. The molecule has 1 aromatic heterocycles. The van der Waals surface area contributed by atoms with Gasteiger partial charge in [-0.2, -0.15) is 0 Å². The Hall–Kier alpha value is -1.59. The van der Waals surface area contributed by atoms with Crippen LogP contribution < -0.4 is 5.73 Å². The number of imidazole rings is 1. The lowest BCUT2D eigenvalue weighted by atomic mass is 10.3. The highest BCUT2D eigenvalue weighted by Crippen LogP contribution is 2.15. The molecule has 0 spiro atoms. The Balaban J connectivity index is 2.04. The molecule has 0 fully saturated rings. The number of hydrogen-bond acceptors (Lipinski definition) is 4. The Morgan fingerprint density at radius 2 is 2.16 bits per heavy atom. The molecule has 4 N–H and O–H groups in total. The van der Waals surface area contributed by atoms with Gasteiger partial charge in [0.05, 0.1) is 17.6 Å². The topological polar surface area (TPSA) is 78.2 Å². The van der Waals surface area contributed by atoms with Gasteiger partial charge in [-0.3, -0.25) is 4.90 Å². The molecule has 0 aliphatic carbocycles. The van der Waals surface area contributed by atoms with E-state index in [1.165, 1.54) is 0 Å². The van der Waals surface area contributed by atoms with Gasteiger partial charge in [0.1, 0.15) is 5.82 Å². The Bertz CT molecular complexity index is 535. The molecule has 0 aliphatic rings. The summed E-state index contributed by atoms with van der Waals surface area (Å²) < 4.78 is 0. The van der Waals surface area contributed by atoms with Crippen molar-refractivity contribution in [3.8, 4) is 0 Å². The number of aliphatic hydroxyl groups is 1. The van der Waals surface area contributed by atoms with Gasteiger partial charge < -0.3 is 15.8 Å². The van der Waals surface area contributed by atoms with Crippen LogP contribution in [0.5, 0.6) is 0 Å². The lowest BCUT2D eigenvalue weighted by Crippen LogP contribution is -2.35. The third-order valence-electron chi connectivity index (χ3n) is 3.31. The van der Waals surface area contributed by atoms with E-state index in [-0.39, 0.29) is 6.61 Å². The lowest BCUT2D eigenvalue weighted by Gasteiger charge is -2.24. The van der Waals surface area contributed by atoms with Crippen LogP contribution in [0.3, 0.4) is 0 Å². The number of nitrogens with zero attached hydrogens (tertiary/aromatic N) is 2. The van der Waals surface area contributed by atoms with Crippen LogP contribution in [-0.4, -0.2) is 45.7 Å². The molecule has 0 saturated carbocycles. The van der Waals surface area contributed by atoms with Gasteiger partial charge in [-0.05, 0) is 32.0 Å². The molecule has 5 heteroatoms. The standard InChI is InChI=1S/C14H22N4O/c1-10(2)18(7-8-19)6-5-14-16-12-4-3-11(15)9-13(12)17-14/h3-4,9-10,19H,5-8,15H2,1-2H3,(H,16,17). The summed E-state index contributed by atoms with van der Waals surface area (Å²) in [5, 5.41) is 9.05. The predicted molar refractivity (Wildman–Crippen MR) is 78.0 cm³/mol. The van der Waals surface area contributed by atoms with Gasteiger partial charge in [-0.1, -0.05) is 0 Å². The first-order chi connectivity index (χ1) is 9.10. The molecule has 5 nitrogen and oxygen atoms in total. The van der Waals surface area contributed by atoms with Crippen LogP contribution >= 0.6 is 0 Å². The molecule has 0 unspecified atom stereocenters. The number of H-pyrrole nitrogens is 1. The van der Waals surface area contributed by atoms with Gasteiger partial charge in [0, 0.05) is 31.2 Å². The first kappa shape index (κ1) is 13.8. The van der Waals surface area contributed by atoms with Gasteiger partial charge in [0.15, 0.2) is 0 Å². The summed E-state index contributed by atoms with van der Waals surface area (Å²) in [7, 11) is 0. The van der Waals surface area contributed by atoms with Crippen molar-refractivity contribution in [2.45, 2.75) is 26.3 Å². The van der Waals surface area contributed by atoms with Crippen molar-refractivity contribution < 1.29 is 5.11 Å². The third kappa shape index (κ3) is 3.45. The number of fused-ring (bicyclic) bond motifs is 1. The summed E-state index contributed by atoms with van der Waals surface area (Å²) in [6.45, 7) is 6.04. The van der Waals surface area contributed by atoms with E-state index in [1.54, 1.807) is 0 Å². The first-order valence-electron chi connectivity index (χ1n) is 6.69. The maximum atomic E-state index is 9.05. The summed E-state index contributed by atoms with van der Waals surface area (Å²) >= 11 is 0. The maximum Gasteiger partial charge on any atom is 0.108 e. The molecule has 19 heavy (non-hydrogen) atoms. The zero-order valence-corrected chi connectivity index (χ0v) is 11.6. The van der Waals surface area contributed by atoms with Gasteiger partial charge in [0.2, 0.25) is 0 Å². The molecular formula is C14H22N4O. The number of nitrogens with two attached hydrogens (primary N) is 1. The molecule has 0 saturated heterocycles. The summed E-state index contributed by atoms with van der Waals surface area (Å²) in [4.78, 5) is 10.1. The van der Waals surface area contributed by atoms with Gasteiger partial charge in [-0.15, -0.1) is 0 Å². The highest BCUT2D eigenvalue weighted by molar-refractivity contribution is 5.78. The molecular weight excluding hydrogens is 240 g/mol. The average molecular weight is 262 g/mol. The Morgan fingerprint density at radius 1 is 1.37 bits per heavy atom. The van der Waals surface area contributed by atoms with Crippen LogP contribution in [0, 0.1) is 0 Å². The molecule has 2 rings (SSSR count). The second-order valence-corrected chi connectivity index (χ2v) is 5.06. The smallest absolute Gasteiger partial charge is 0.108 e. The molecule has 0 bridgehead atoms. The minimum absolute atomic E-state index is 0.189. The van der Waals surface area contributed by atoms with Crippen LogP contribution in [-0.2, 0) is 6.42 Å². The van der Waals surface area contributed by atoms with E-state index in [0.717, 1.165) is 35.5 Å². The number of rotatable bonds is 6. The molecule has 1 aromatic carbocycles. The fourth-order valence-corrected chi connectivity index (χ4v) is 2.20.